The van der Waals surface area contributed by atoms with Crippen molar-refractivity contribution in [3.63, 3.8) is 0 Å². The van der Waals surface area contributed by atoms with Gasteiger partial charge in [0.25, 0.3) is 0 Å². The van der Waals surface area contributed by atoms with Crippen molar-refractivity contribution in [3.05, 3.63) is 0 Å². The molecule has 2 atom stereocenters. The lowest BCUT2D eigenvalue weighted by Crippen LogP contribution is -2.38. The van der Waals surface area contributed by atoms with E-state index in [4.69, 9.17) is 5.11 Å². The second kappa shape index (κ2) is 6.85. The minimum Gasteiger partial charge on any atom is -0.481 e. The summed E-state index contributed by atoms with van der Waals surface area (Å²) in [6.07, 6.45) is 2.31. The highest BCUT2D eigenvalue weighted by Gasteiger charge is 2.30. The monoisotopic (exact) mass is 292 g/mol. The van der Waals surface area contributed by atoms with E-state index in [1.807, 2.05) is 0 Å². The van der Waals surface area contributed by atoms with E-state index in [-0.39, 0.29) is 24.1 Å². The normalized spacial score (nSPS) is 23.8. The summed E-state index contributed by atoms with van der Waals surface area (Å²) in [6.45, 7) is 0.0379. The molecule has 1 rings (SSSR count). The number of rotatable bonds is 6. The first-order valence-corrected chi connectivity index (χ1v) is 7.92. The zero-order valence-electron chi connectivity index (χ0n) is 10.9. The van der Waals surface area contributed by atoms with Gasteiger partial charge in [0, 0.05) is 12.5 Å². The van der Waals surface area contributed by atoms with Crippen LogP contribution in [0, 0.1) is 11.8 Å². The summed E-state index contributed by atoms with van der Waals surface area (Å²) in [5, 5.41) is 11.5. The molecule has 7 nitrogen and oxygen atoms in total. The third kappa shape index (κ3) is 5.15. The highest BCUT2D eigenvalue weighted by atomic mass is 32.2. The minimum absolute atomic E-state index is 0.0379. The smallest absolute Gasteiger partial charge is 0.306 e. The van der Waals surface area contributed by atoms with Crippen molar-refractivity contribution in [2.75, 3.05) is 19.3 Å². The van der Waals surface area contributed by atoms with E-state index in [1.54, 1.807) is 0 Å². The second-order valence-electron chi connectivity index (χ2n) is 4.71. The number of carbonyl (C=O) groups is 2. The molecular weight excluding hydrogens is 272 g/mol. The molecular formula is C11H20N2O5S. The molecule has 0 saturated heterocycles. The van der Waals surface area contributed by atoms with E-state index in [0.29, 0.717) is 25.7 Å². The van der Waals surface area contributed by atoms with Gasteiger partial charge in [-0.15, -0.1) is 0 Å². The molecule has 0 spiro atoms. The summed E-state index contributed by atoms with van der Waals surface area (Å²) in [7, 11) is -2.01. The maximum Gasteiger partial charge on any atom is 0.306 e. The third-order valence-electron chi connectivity index (χ3n) is 3.38. The van der Waals surface area contributed by atoms with Gasteiger partial charge in [-0.05, 0) is 26.3 Å². The van der Waals surface area contributed by atoms with Crippen LogP contribution in [0.4, 0.5) is 0 Å². The summed E-state index contributed by atoms with van der Waals surface area (Å²) in [4.78, 5) is 22.7. The Morgan fingerprint density at radius 1 is 1.26 bits per heavy atom. The predicted molar refractivity (Wildman–Crippen MR) is 68.9 cm³/mol. The molecule has 1 saturated carbocycles. The number of carboxylic acid groups (broad SMARTS) is 1. The quantitative estimate of drug-likeness (QED) is 0.613. The molecule has 0 aromatic rings. The molecule has 110 valence electrons. The fraction of sp³-hybridized carbons (Fsp3) is 0.818. The number of hydrogen-bond donors (Lipinski definition) is 3. The van der Waals surface area contributed by atoms with Gasteiger partial charge in [0.05, 0.1) is 11.7 Å². The molecule has 0 aromatic carbocycles. The van der Waals surface area contributed by atoms with Crippen LogP contribution < -0.4 is 10.0 Å². The fourth-order valence-corrected chi connectivity index (χ4v) is 2.78. The molecule has 2 unspecified atom stereocenters. The Kier molecular flexibility index (Phi) is 5.74. The van der Waals surface area contributed by atoms with E-state index >= 15 is 0 Å². The number of aliphatic carboxylic acids is 1. The van der Waals surface area contributed by atoms with Crippen molar-refractivity contribution >= 4 is 21.9 Å². The molecule has 3 N–H and O–H groups in total. The van der Waals surface area contributed by atoms with E-state index in [9.17, 15) is 18.0 Å². The van der Waals surface area contributed by atoms with E-state index in [1.165, 1.54) is 7.05 Å². The minimum atomic E-state index is -3.33. The Labute approximate surface area is 112 Å². The Morgan fingerprint density at radius 2 is 1.89 bits per heavy atom. The third-order valence-corrected chi connectivity index (χ3v) is 4.74. The Balaban J connectivity index is 2.39. The van der Waals surface area contributed by atoms with Gasteiger partial charge in [0.1, 0.15) is 0 Å². The zero-order chi connectivity index (χ0) is 14.5. The van der Waals surface area contributed by atoms with Crippen molar-refractivity contribution in [2.45, 2.75) is 25.7 Å². The lowest BCUT2D eigenvalue weighted by atomic mass is 9.81. The van der Waals surface area contributed by atoms with Crippen LogP contribution >= 0.6 is 0 Å². The maximum absolute atomic E-state index is 11.8. The predicted octanol–water partition coefficient (Wildman–Crippen LogP) is -0.457. The van der Waals surface area contributed by atoms with Crippen molar-refractivity contribution in [1.29, 1.82) is 0 Å². The molecule has 0 aromatic heterocycles. The average molecular weight is 292 g/mol. The summed E-state index contributed by atoms with van der Waals surface area (Å²) < 4.78 is 24.5. The second-order valence-corrected chi connectivity index (χ2v) is 6.76. The van der Waals surface area contributed by atoms with Gasteiger partial charge in [0.15, 0.2) is 0 Å². The molecule has 0 radical (unpaired) electrons. The number of sulfonamides is 1. The Hall–Kier alpha value is -1.15. The van der Waals surface area contributed by atoms with Gasteiger partial charge in [-0.1, -0.05) is 6.42 Å². The molecule has 1 aliphatic carbocycles. The Morgan fingerprint density at radius 3 is 2.47 bits per heavy atom. The van der Waals surface area contributed by atoms with Crippen molar-refractivity contribution in [1.82, 2.24) is 10.0 Å². The molecule has 0 heterocycles. The van der Waals surface area contributed by atoms with E-state index < -0.39 is 21.9 Å². The van der Waals surface area contributed by atoms with Gasteiger partial charge < -0.3 is 10.4 Å². The summed E-state index contributed by atoms with van der Waals surface area (Å²) in [6, 6.07) is 0. The first-order chi connectivity index (χ1) is 8.85. The van der Waals surface area contributed by atoms with E-state index in [2.05, 4.69) is 10.0 Å². The number of carbonyl (C=O) groups excluding carboxylic acids is 1. The van der Waals surface area contributed by atoms with Crippen LogP contribution in [0.5, 0.6) is 0 Å². The molecule has 1 aliphatic rings. The molecule has 8 heteroatoms. The Bertz CT molecular complexity index is 434. The van der Waals surface area contributed by atoms with Crippen LogP contribution in [0.1, 0.15) is 25.7 Å². The molecule has 0 aliphatic heterocycles. The highest BCUT2D eigenvalue weighted by Crippen LogP contribution is 2.29. The largest absolute Gasteiger partial charge is 0.481 e. The van der Waals surface area contributed by atoms with Crippen molar-refractivity contribution < 1.29 is 23.1 Å². The van der Waals surface area contributed by atoms with Gasteiger partial charge in [-0.2, -0.15) is 0 Å². The number of amides is 1. The van der Waals surface area contributed by atoms with Gasteiger partial charge in [-0.3, -0.25) is 9.59 Å². The van der Waals surface area contributed by atoms with Crippen LogP contribution in [0.2, 0.25) is 0 Å². The van der Waals surface area contributed by atoms with Crippen LogP contribution in [0.3, 0.4) is 0 Å². The number of carboxylic acids is 1. The van der Waals surface area contributed by atoms with Crippen LogP contribution in [-0.2, 0) is 19.6 Å². The maximum atomic E-state index is 11.8. The van der Waals surface area contributed by atoms with Gasteiger partial charge >= 0.3 is 5.97 Å². The number of nitrogens with one attached hydrogen (secondary N) is 2. The van der Waals surface area contributed by atoms with Gasteiger partial charge in [-0.25, -0.2) is 13.1 Å². The molecule has 0 bridgehead atoms. The highest BCUT2D eigenvalue weighted by molar-refractivity contribution is 7.89. The standard InChI is InChI=1S/C11H20N2O5S/c1-12-19(17,18)6-5-13-10(14)8-3-2-4-9(7-8)11(15)16/h8-9,12H,2-7H2,1H3,(H,13,14)(H,15,16). The lowest BCUT2D eigenvalue weighted by Gasteiger charge is -2.25. The molecule has 19 heavy (non-hydrogen) atoms. The molecule has 1 amide bonds. The van der Waals surface area contributed by atoms with E-state index in [0.717, 1.165) is 0 Å². The van der Waals surface area contributed by atoms with Crippen LogP contribution in [0.15, 0.2) is 0 Å². The van der Waals surface area contributed by atoms with Crippen LogP contribution in [-0.4, -0.2) is 44.7 Å². The topological polar surface area (TPSA) is 113 Å². The van der Waals surface area contributed by atoms with Crippen molar-refractivity contribution in [2.24, 2.45) is 11.8 Å². The average Bonchev–Trinajstić information content (AvgIpc) is 2.38. The lowest BCUT2D eigenvalue weighted by molar-refractivity contribution is -0.144. The first kappa shape index (κ1) is 15.9. The van der Waals surface area contributed by atoms with Crippen LogP contribution in [0.25, 0.3) is 0 Å². The zero-order valence-corrected chi connectivity index (χ0v) is 11.7. The SMILES string of the molecule is CNS(=O)(=O)CCNC(=O)C1CCCC(C(=O)O)C1. The summed E-state index contributed by atoms with van der Waals surface area (Å²) in [5.74, 6) is -2.09. The summed E-state index contributed by atoms with van der Waals surface area (Å²) >= 11 is 0. The summed E-state index contributed by atoms with van der Waals surface area (Å²) in [5.41, 5.74) is 0. The van der Waals surface area contributed by atoms with Crippen molar-refractivity contribution in [3.8, 4) is 0 Å². The first-order valence-electron chi connectivity index (χ1n) is 6.27. The number of hydrogen-bond acceptors (Lipinski definition) is 4. The fourth-order valence-electron chi connectivity index (χ4n) is 2.21. The van der Waals surface area contributed by atoms with Gasteiger partial charge in [0.2, 0.25) is 15.9 Å². The molecule has 1 fully saturated rings.